The van der Waals surface area contributed by atoms with E-state index in [0.29, 0.717) is 17.6 Å². The number of halogens is 5. The van der Waals surface area contributed by atoms with Crippen molar-refractivity contribution in [3.05, 3.63) is 76.4 Å². The summed E-state index contributed by atoms with van der Waals surface area (Å²) in [6.45, 7) is 2.23. The molecule has 1 fully saturated rings. The maximum Gasteiger partial charge on any atom is 0.409 e. The van der Waals surface area contributed by atoms with Crippen LogP contribution in [-0.4, -0.2) is 6.18 Å². The van der Waals surface area contributed by atoms with Crippen LogP contribution >= 0.6 is 0 Å². The van der Waals surface area contributed by atoms with E-state index in [1.807, 2.05) is 12.1 Å². The highest BCUT2D eigenvalue weighted by Crippen LogP contribution is 2.37. The molecule has 0 aliphatic heterocycles. The van der Waals surface area contributed by atoms with Gasteiger partial charge in [-0.1, -0.05) is 50.2 Å². The van der Waals surface area contributed by atoms with Crippen LogP contribution in [-0.2, 0) is 0 Å². The van der Waals surface area contributed by atoms with Gasteiger partial charge < -0.3 is 0 Å². The largest absolute Gasteiger partial charge is 0.409 e. The Hall–Kier alpha value is -2.61. The normalized spacial score (nSPS) is 19.1. The number of alkyl halides is 3. The van der Waals surface area contributed by atoms with Gasteiger partial charge in [0.15, 0.2) is 0 Å². The van der Waals surface area contributed by atoms with Gasteiger partial charge in [-0.2, -0.15) is 13.2 Å². The van der Waals surface area contributed by atoms with Crippen LogP contribution < -0.4 is 0 Å². The molecule has 3 rings (SSSR count). The van der Waals surface area contributed by atoms with Crippen LogP contribution in [0.3, 0.4) is 0 Å². The Morgan fingerprint density at radius 1 is 0.906 bits per heavy atom. The molecule has 1 aliphatic rings. The highest BCUT2D eigenvalue weighted by Gasteiger charge is 2.23. The maximum atomic E-state index is 14.0. The Morgan fingerprint density at radius 3 is 2.06 bits per heavy atom. The summed E-state index contributed by atoms with van der Waals surface area (Å²) in [6.07, 6.45) is 4.40. The summed E-state index contributed by atoms with van der Waals surface area (Å²) in [5, 5.41) is 0. The molecule has 0 atom stereocenters. The minimum absolute atomic E-state index is 0.0682. The molecule has 170 valence electrons. The summed E-state index contributed by atoms with van der Waals surface area (Å²) >= 11 is 0. The minimum atomic E-state index is -4.64. The van der Waals surface area contributed by atoms with Crippen LogP contribution in [0.1, 0.15) is 80.0 Å². The standard InChI is InChI=1S/C27H27F5/c1-2-3-4-19-7-11-22(12-8-19)23-13-9-20(10-14-23)5-6-21-17-25(28)24(26(29)18-21)15-16-27(30,31)32/h9-10,13-19,22H,2-4,7-8,11-12H2,1H3. The first kappa shape index (κ1) is 24.0. The molecule has 0 saturated heterocycles. The average Bonchev–Trinajstić information content (AvgIpc) is 2.76. The zero-order valence-electron chi connectivity index (χ0n) is 18.1. The molecule has 0 spiro atoms. The summed E-state index contributed by atoms with van der Waals surface area (Å²) in [6, 6.07) is 9.81. The monoisotopic (exact) mass is 446 g/mol. The van der Waals surface area contributed by atoms with E-state index >= 15 is 0 Å². The maximum absolute atomic E-state index is 14.0. The Labute approximate surface area is 186 Å². The van der Waals surface area contributed by atoms with E-state index in [-0.39, 0.29) is 11.6 Å². The van der Waals surface area contributed by atoms with Crippen LogP contribution in [0, 0.1) is 29.4 Å². The van der Waals surface area contributed by atoms with Crippen molar-refractivity contribution >= 4 is 6.08 Å². The minimum Gasteiger partial charge on any atom is -0.206 e. The quantitative estimate of drug-likeness (QED) is 0.319. The molecular weight excluding hydrogens is 419 g/mol. The molecule has 5 heteroatoms. The molecule has 0 amide bonds. The molecule has 0 N–H and O–H groups in total. The molecule has 1 aliphatic carbocycles. The van der Waals surface area contributed by atoms with Crippen molar-refractivity contribution in [1.29, 1.82) is 0 Å². The Morgan fingerprint density at radius 2 is 1.50 bits per heavy atom. The number of rotatable bonds is 5. The van der Waals surface area contributed by atoms with E-state index < -0.39 is 23.4 Å². The van der Waals surface area contributed by atoms with Gasteiger partial charge in [-0.3, -0.25) is 0 Å². The van der Waals surface area contributed by atoms with Gasteiger partial charge in [0, 0.05) is 22.8 Å². The first-order valence-corrected chi connectivity index (χ1v) is 11.1. The number of hydrogen-bond acceptors (Lipinski definition) is 0. The fraction of sp³-hybridized carbons (Fsp3) is 0.407. The topological polar surface area (TPSA) is 0 Å². The average molecular weight is 447 g/mol. The third-order valence-electron chi connectivity index (χ3n) is 6.06. The molecule has 32 heavy (non-hydrogen) atoms. The lowest BCUT2D eigenvalue weighted by Gasteiger charge is -2.28. The van der Waals surface area contributed by atoms with Crippen molar-refractivity contribution in [2.24, 2.45) is 5.92 Å². The summed E-state index contributed by atoms with van der Waals surface area (Å²) in [5.74, 6) is 4.81. The number of unbranched alkanes of at least 4 members (excludes halogenated alkanes) is 1. The molecule has 0 radical (unpaired) electrons. The lowest BCUT2D eigenvalue weighted by atomic mass is 9.77. The van der Waals surface area contributed by atoms with E-state index in [1.165, 1.54) is 50.5 Å². The third-order valence-corrected chi connectivity index (χ3v) is 6.06. The van der Waals surface area contributed by atoms with Gasteiger partial charge in [0.05, 0.1) is 0 Å². The predicted octanol–water partition coefficient (Wildman–Crippen LogP) is 8.40. The van der Waals surface area contributed by atoms with Crippen LogP contribution in [0.5, 0.6) is 0 Å². The molecule has 2 aromatic rings. The van der Waals surface area contributed by atoms with Gasteiger partial charge in [-0.05, 0) is 73.4 Å². The van der Waals surface area contributed by atoms with Crippen molar-refractivity contribution in [3.63, 3.8) is 0 Å². The van der Waals surface area contributed by atoms with Gasteiger partial charge in [-0.25, -0.2) is 8.78 Å². The smallest absolute Gasteiger partial charge is 0.206 e. The number of benzene rings is 2. The first-order valence-electron chi connectivity index (χ1n) is 11.1. The summed E-state index contributed by atoms with van der Waals surface area (Å²) < 4.78 is 64.8. The zero-order chi connectivity index (χ0) is 23.1. The second kappa shape index (κ2) is 10.8. The van der Waals surface area contributed by atoms with Crippen molar-refractivity contribution in [2.75, 3.05) is 0 Å². The molecule has 2 aromatic carbocycles. The molecular formula is C27H27F5. The molecule has 0 unspecified atom stereocenters. The molecule has 0 nitrogen and oxygen atoms in total. The van der Waals surface area contributed by atoms with Crippen molar-refractivity contribution in [1.82, 2.24) is 0 Å². The number of allylic oxidation sites excluding steroid dienone is 1. The molecule has 0 aromatic heterocycles. The van der Waals surface area contributed by atoms with Crippen molar-refractivity contribution < 1.29 is 22.0 Å². The Balaban J connectivity index is 1.65. The van der Waals surface area contributed by atoms with Gasteiger partial charge in [0.2, 0.25) is 0 Å². The lowest BCUT2D eigenvalue weighted by Crippen LogP contribution is -2.13. The summed E-state index contributed by atoms with van der Waals surface area (Å²) in [4.78, 5) is 0. The zero-order valence-corrected chi connectivity index (χ0v) is 18.1. The van der Waals surface area contributed by atoms with Gasteiger partial charge in [0.1, 0.15) is 11.6 Å². The lowest BCUT2D eigenvalue weighted by molar-refractivity contribution is -0.0790. The van der Waals surface area contributed by atoms with Crippen LogP contribution in [0.15, 0.2) is 42.5 Å². The SMILES string of the molecule is CCCCC1CCC(c2ccc(C#Cc3cc(F)c(C=CC(F)(F)F)c(F)c3)cc2)CC1. The van der Waals surface area contributed by atoms with E-state index in [9.17, 15) is 22.0 Å². The third kappa shape index (κ3) is 6.95. The molecule has 1 saturated carbocycles. The second-order valence-corrected chi connectivity index (χ2v) is 8.46. The van der Waals surface area contributed by atoms with E-state index in [0.717, 1.165) is 18.1 Å². The van der Waals surface area contributed by atoms with Crippen LogP contribution in [0.25, 0.3) is 6.08 Å². The first-order chi connectivity index (χ1) is 15.2. The van der Waals surface area contributed by atoms with Crippen molar-refractivity contribution in [3.8, 4) is 11.8 Å². The molecule has 0 heterocycles. The second-order valence-electron chi connectivity index (χ2n) is 8.46. The highest BCUT2D eigenvalue weighted by molar-refractivity contribution is 5.54. The molecule has 0 bridgehead atoms. The highest BCUT2D eigenvalue weighted by atomic mass is 19.4. The van der Waals surface area contributed by atoms with Crippen LogP contribution in [0.2, 0.25) is 0 Å². The van der Waals surface area contributed by atoms with E-state index in [2.05, 4.69) is 30.9 Å². The summed E-state index contributed by atoms with van der Waals surface area (Å²) in [7, 11) is 0. The van der Waals surface area contributed by atoms with Gasteiger partial charge in [0.25, 0.3) is 0 Å². The van der Waals surface area contributed by atoms with Crippen molar-refractivity contribution in [2.45, 2.75) is 64.0 Å². The fourth-order valence-corrected chi connectivity index (χ4v) is 4.25. The van der Waals surface area contributed by atoms with Crippen LogP contribution in [0.4, 0.5) is 22.0 Å². The Kier molecular flexibility index (Phi) is 8.12. The predicted molar refractivity (Wildman–Crippen MR) is 118 cm³/mol. The van der Waals surface area contributed by atoms with E-state index in [1.54, 1.807) is 0 Å². The van der Waals surface area contributed by atoms with Gasteiger partial charge >= 0.3 is 6.18 Å². The number of hydrogen-bond donors (Lipinski definition) is 0. The van der Waals surface area contributed by atoms with E-state index in [4.69, 9.17) is 0 Å². The van der Waals surface area contributed by atoms with Gasteiger partial charge in [-0.15, -0.1) is 0 Å². The summed E-state index contributed by atoms with van der Waals surface area (Å²) in [5.41, 5.74) is 1.34. The fourth-order valence-electron chi connectivity index (χ4n) is 4.25. The Bertz CT molecular complexity index is 958.